The molecule has 0 fully saturated rings. The number of carbonyl (C=O) groups excluding carboxylic acids is 1. The summed E-state index contributed by atoms with van der Waals surface area (Å²) in [6.45, 7) is 0. The minimum Gasteiger partial charge on any atom is -0.497 e. The smallest absolute Gasteiger partial charge is 0.253 e. The third-order valence-electron chi connectivity index (χ3n) is 3.89. The minimum absolute atomic E-state index is 0.0624. The minimum atomic E-state index is -0.0724. The Hall–Kier alpha value is -2.36. The predicted octanol–water partition coefficient (Wildman–Crippen LogP) is 2.90. The van der Waals surface area contributed by atoms with Gasteiger partial charge in [0.1, 0.15) is 5.75 Å². The maximum atomic E-state index is 12.3. The fourth-order valence-corrected chi connectivity index (χ4v) is 2.81. The highest BCUT2D eigenvalue weighted by Gasteiger charge is 2.22. The van der Waals surface area contributed by atoms with E-state index in [1.54, 1.807) is 31.6 Å². The average Bonchev–Trinajstić information content (AvgIpc) is 2.55. The van der Waals surface area contributed by atoms with E-state index in [1.165, 1.54) is 11.1 Å². The first-order valence-electron chi connectivity index (χ1n) is 7.15. The molecule has 0 aliphatic heterocycles. The van der Waals surface area contributed by atoms with Crippen molar-refractivity contribution in [1.29, 1.82) is 0 Å². The highest BCUT2D eigenvalue weighted by atomic mass is 16.5. The Balaban J connectivity index is 1.81. The molecule has 1 N–H and O–H groups in total. The summed E-state index contributed by atoms with van der Waals surface area (Å²) in [5.74, 6) is 0.796. The van der Waals surface area contributed by atoms with E-state index in [9.17, 15) is 4.79 Å². The number of methoxy groups -OCH3 is 1. The SMILES string of the molecule is COc1ccc2c(c1)CCC[C@H]2NC(=O)c1cccnc1. The zero-order chi connectivity index (χ0) is 14.7. The van der Waals surface area contributed by atoms with Crippen molar-refractivity contribution < 1.29 is 9.53 Å². The Morgan fingerprint density at radius 3 is 3.05 bits per heavy atom. The highest BCUT2D eigenvalue weighted by Crippen LogP contribution is 2.32. The van der Waals surface area contributed by atoms with Gasteiger partial charge in [0, 0.05) is 12.4 Å². The number of ether oxygens (including phenoxy) is 1. The van der Waals surface area contributed by atoms with Crippen LogP contribution in [-0.2, 0) is 6.42 Å². The molecule has 0 unspecified atom stereocenters. The second kappa shape index (κ2) is 5.95. The van der Waals surface area contributed by atoms with Gasteiger partial charge in [-0.2, -0.15) is 0 Å². The number of hydrogen-bond acceptors (Lipinski definition) is 3. The highest BCUT2D eigenvalue weighted by molar-refractivity contribution is 5.94. The largest absolute Gasteiger partial charge is 0.497 e. The maximum Gasteiger partial charge on any atom is 0.253 e. The van der Waals surface area contributed by atoms with Crippen LogP contribution in [0.2, 0.25) is 0 Å². The van der Waals surface area contributed by atoms with Crippen molar-refractivity contribution in [1.82, 2.24) is 10.3 Å². The number of hydrogen-bond donors (Lipinski definition) is 1. The van der Waals surface area contributed by atoms with Crippen LogP contribution in [0, 0.1) is 0 Å². The number of nitrogens with one attached hydrogen (secondary N) is 1. The monoisotopic (exact) mass is 282 g/mol. The number of aryl methyl sites for hydroxylation is 1. The van der Waals surface area contributed by atoms with E-state index < -0.39 is 0 Å². The van der Waals surface area contributed by atoms with Crippen molar-refractivity contribution in [3.05, 3.63) is 59.4 Å². The topological polar surface area (TPSA) is 51.2 Å². The molecule has 1 amide bonds. The molecule has 21 heavy (non-hydrogen) atoms. The fourth-order valence-electron chi connectivity index (χ4n) is 2.81. The second-order valence-corrected chi connectivity index (χ2v) is 5.22. The van der Waals surface area contributed by atoms with E-state index >= 15 is 0 Å². The van der Waals surface area contributed by atoms with E-state index in [4.69, 9.17) is 4.74 Å². The summed E-state index contributed by atoms with van der Waals surface area (Å²) in [5, 5.41) is 3.11. The third kappa shape index (κ3) is 2.89. The van der Waals surface area contributed by atoms with E-state index in [1.807, 2.05) is 6.07 Å². The van der Waals surface area contributed by atoms with Gasteiger partial charge in [0.25, 0.3) is 5.91 Å². The van der Waals surface area contributed by atoms with Crippen LogP contribution in [0.1, 0.15) is 40.4 Å². The molecule has 108 valence electrons. The quantitative estimate of drug-likeness (QED) is 0.941. The van der Waals surface area contributed by atoms with Crippen molar-refractivity contribution >= 4 is 5.91 Å². The number of fused-ring (bicyclic) bond motifs is 1. The number of benzene rings is 1. The molecule has 1 atom stereocenters. The number of nitrogens with zero attached hydrogens (tertiary/aromatic N) is 1. The van der Waals surface area contributed by atoms with Gasteiger partial charge in [-0.1, -0.05) is 6.07 Å². The number of amides is 1. The first-order chi connectivity index (χ1) is 10.3. The van der Waals surface area contributed by atoms with Gasteiger partial charge >= 0.3 is 0 Å². The first kappa shape index (κ1) is 13.6. The Kier molecular flexibility index (Phi) is 3.86. The second-order valence-electron chi connectivity index (χ2n) is 5.22. The molecule has 1 aliphatic carbocycles. The number of carbonyl (C=O) groups is 1. The van der Waals surface area contributed by atoms with Crippen LogP contribution >= 0.6 is 0 Å². The first-order valence-corrected chi connectivity index (χ1v) is 7.15. The Labute approximate surface area is 124 Å². The molecule has 1 aromatic heterocycles. The van der Waals surface area contributed by atoms with Crippen LogP contribution in [0.5, 0.6) is 5.75 Å². The molecule has 0 radical (unpaired) electrons. The molecule has 3 rings (SSSR count). The van der Waals surface area contributed by atoms with Crippen molar-refractivity contribution in [2.75, 3.05) is 7.11 Å². The van der Waals surface area contributed by atoms with Crippen molar-refractivity contribution in [2.24, 2.45) is 0 Å². The van der Waals surface area contributed by atoms with Gasteiger partial charge in [0.2, 0.25) is 0 Å². The predicted molar refractivity (Wildman–Crippen MR) is 80.4 cm³/mol. The van der Waals surface area contributed by atoms with Gasteiger partial charge in [-0.15, -0.1) is 0 Å². The summed E-state index contributed by atoms with van der Waals surface area (Å²) in [7, 11) is 1.67. The molecule has 0 saturated heterocycles. The molecule has 4 nitrogen and oxygen atoms in total. The Morgan fingerprint density at radius 2 is 2.29 bits per heavy atom. The van der Waals surface area contributed by atoms with Crippen molar-refractivity contribution in [3.8, 4) is 5.75 Å². The van der Waals surface area contributed by atoms with Crippen molar-refractivity contribution in [3.63, 3.8) is 0 Å². The van der Waals surface area contributed by atoms with Crippen LogP contribution < -0.4 is 10.1 Å². The number of rotatable bonds is 3. The van der Waals surface area contributed by atoms with Gasteiger partial charge in [0.05, 0.1) is 18.7 Å². The third-order valence-corrected chi connectivity index (χ3v) is 3.89. The van der Waals surface area contributed by atoms with Crippen LogP contribution in [0.25, 0.3) is 0 Å². The van der Waals surface area contributed by atoms with Crippen LogP contribution in [-0.4, -0.2) is 18.0 Å². The lowest BCUT2D eigenvalue weighted by molar-refractivity contribution is 0.0932. The Morgan fingerprint density at radius 1 is 1.38 bits per heavy atom. The van der Waals surface area contributed by atoms with Gasteiger partial charge in [-0.3, -0.25) is 9.78 Å². The summed E-state index contributed by atoms with van der Waals surface area (Å²) >= 11 is 0. The summed E-state index contributed by atoms with van der Waals surface area (Å²) < 4.78 is 5.27. The molecular formula is C17H18N2O2. The average molecular weight is 282 g/mol. The van der Waals surface area contributed by atoms with E-state index in [0.29, 0.717) is 5.56 Å². The number of pyridine rings is 1. The van der Waals surface area contributed by atoms with Gasteiger partial charge in [-0.25, -0.2) is 0 Å². The Bertz CT molecular complexity index is 640. The standard InChI is InChI=1S/C17H18N2O2/c1-21-14-7-8-15-12(10-14)4-2-6-16(15)19-17(20)13-5-3-9-18-11-13/h3,5,7-11,16H,2,4,6H2,1H3,(H,19,20)/t16-/m1/s1. The molecule has 0 spiro atoms. The molecule has 1 heterocycles. The van der Waals surface area contributed by atoms with Gasteiger partial charge in [-0.05, 0) is 54.7 Å². The van der Waals surface area contributed by atoms with E-state index in [2.05, 4.69) is 22.4 Å². The lowest BCUT2D eigenvalue weighted by Gasteiger charge is -2.26. The zero-order valence-electron chi connectivity index (χ0n) is 12.0. The van der Waals surface area contributed by atoms with Gasteiger partial charge in [0.15, 0.2) is 0 Å². The van der Waals surface area contributed by atoms with Crippen LogP contribution in [0.3, 0.4) is 0 Å². The molecule has 4 heteroatoms. The summed E-state index contributed by atoms with van der Waals surface area (Å²) in [4.78, 5) is 16.3. The van der Waals surface area contributed by atoms with Crippen molar-refractivity contribution in [2.45, 2.75) is 25.3 Å². The van der Waals surface area contributed by atoms with E-state index in [-0.39, 0.29) is 11.9 Å². The normalized spacial score (nSPS) is 16.9. The zero-order valence-corrected chi connectivity index (χ0v) is 12.0. The maximum absolute atomic E-state index is 12.3. The van der Waals surface area contributed by atoms with E-state index in [0.717, 1.165) is 25.0 Å². The molecule has 2 aromatic rings. The summed E-state index contributed by atoms with van der Waals surface area (Å²) in [5.41, 5.74) is 3.05. The van der Waals surface area contributed by atoms with Crippen LogP contribution in [0.15, 0.2) is 42.7 Å². The molecular weight excluding hydrogens is 264 g/mol. The summed E-state index contributed by atoms with van der Waals surface area (Å²) in [6.07, 6.45) is 6.32. The summed E-state index contributed by atoms with van der Waals surface area (Å²) in [6, 6.07) is 9.69. The van der Waals surface area contributed by atoms with Gasteiger partial charge < -0.3 is 10.1 Å². The molecule has 1 aromatic carbocycles. The lowest BCUT2D eigenvalue weighted by Crippen LogP contribution is -2.31. The number of aromatic nitrogens is 1. The fraction of sp³-hybridized carbons (Fsp3) is 0.294. The molecule has 0 saturated carbocycles. The lowest BCUT2D eigenvalue weighted by atomic mass is 9.87. The molecule has 1 aliphatic rings. The molecule has 0 bridgehead atoms. The van der Waals surface area contributed by atoms with Crippen LogP contribution in [0.4, 0.5) is 0 Å².